The summed E-state index contributed by atoms with van der Waals surface area (Å²) in [6.07, 6.45) is 2.00. The molecule has 110 valence electrons. The van der Waals surface area contributed by atoms with Crippen molar-refractivity contribution in [3.8, 4) is 0 Å². The Labute approximate surface area is 124 Å². The van der Waals surface area contributed by atoms with E-state index in [0.717, 1.165) is 25.9 Å². The first-order valence-electron chi connectivity index (χ1n) is 6.92. The number of nitrogens with one attached hydrogen (secondary N) is 1. The van der Waals surface area contributed by atoms with E-state index in [1.54, 1.807) is 12.1 Å². The standard InChI is InChI=1S/C14H20ClN3O2/c1-10(2)17-7-5-12(6-8-17)16-13-4-3-11(15)9-14(13)18(19)20/h3-4,9-10,12,16H,5-8H2,1-2H3. The van der Waals surface area contributed by atoms with Gasteiger partial charge in [0.25, 0.3) is 5.69 Å². The molecule has 1 N–H and O–H groups in total. The Balaban J connectivity index is 2.03. The van der Waals surface area contributed by atoms with Crippen LogP contribution < -0.4 is 5.32 Å². The quantitative estimate of drug-likeness (QED) is 0.682. The van der Waals surface area contributed by atoms with Crippen LogP contribution in [0.3, 0.4) is 0 Å². The monoisotopic (exact) mass is 297 g/mol. The summed E-state index contributed by atoms with van der Waals surface area (Å²) in [4.78, 5) is 13.1. The number of halogens is 1. The van der Waals surface area contributed by atoms with E-state index in [2.05, 4.69) is 24.1 Å². The van der Waals surface area contributed by atoms with Crippen molar-refractivity contribution in [2.75, 3.05) is 18.4 Å². The summed E-state index contributed by atoms with van der Waals surface area (Å²) in [5, 5.41) is 14.7. The minimum atomic E-state index is -0.391. The Morgan fingerprint density at radius 2 is 2.05 bits per heavy atom. The van der Waals surface area contributed by atoms with E-state index >= 15 is 0 Å². The molecule has 0 amide bonds. The van der Waals surface area contributed by atoms with Gasteiger partial charge in [0.15, 0.2) is 0 Å². The van der Waals surface area contributed by atoms with Gasteiger partial charge in [0, 0.05) is 36.3 Å². The molecule has 1 aromatic rings. The molecule has 0 saturated carbocycles. The van der Waals surface area contributed by atoms with Gasteiger partial charge >= 0.3 is 0 Å². The highest BCUT2D eigenvalue weighted by Crippen LogP contribution is 2.29. The molecule has 0 aromatic heterocycles. The molecule has 0 bridgehead atoms. The van der Waals surface area contributed by atoms with Crippen LogP contribution in [0.25, 0.3) is 0 Å². The molecule has 0 unspecified atom stereocenters. The summed E-state index contributed by atoms with van der Waals surface area (Å²) in [5.74, 6) is 0. The fourth-order valence-electron chi connectivity index (χ4n) is 2.56. The smallest absolute Gasteiger partial charge is 0.293 e. The average molecular weight is 298 g/mol. The lowest BCUT2D eigenvalue weighted by Crippen LogP contribution is -2.42. The van der Waals surface area contributed by atoms with Crippen molar-refractivity contribution in [3.05, 3.63) is 33.3 Å². The van der Waals surface area contributed by atoms with Gasteiger partial charge in [0.05, 0.1) is 4.92 Å². The Hall–Kier alpha value is -1.33. The van der Waals surface area contributed by atoms with Gasteiger partial charge in [0.2, 0.25) is 0 Å². The van der Waals surface area contributed by atoms with Crippen molar-refractivity contribution in [2.45, 2.75) is 38.8 Å². The lowest BCUT2D eigenvalue weighted by molar-refractivity contribution is -0.384. The lowest BCUT2D eigenvalue weighted by atomic mass is 10.0. The number of likely N-dealkylation sites (tertiary alicyclic amines) is 1. The number of anilines is 1. The summed E-state index contributed by atoms with van der Waals surface area (Å²) in [6.45, 7) is 6.43. The molecule has 0 radical (unpaired) electrons. The summed E-state index contributed by atoms with van der Waals surface area (Å²) in [6, 6.07) is 5.61. The van der Waals surface area contributed by atoms with Crippen LogP contribution in [0.5, 0.6) is 0 Å². The van der Waals surface area contributed by atoms with Crippen LogP contribution in [0, 0.1) is 10.1 Å². The third-order valence-corrected chi connectivity index (χ3v) is 4.01. The molecule has 1 aliphatic rings. The van der Waals surface area contributed by atoms with Gasteiger partial charge in [-0.25, -0.2) is 0 Å². The molecule has 1 fully saturated rings. The van der Waals surface area contributed by atoms with Crippen LogP contribution in [0.4, 0.5) is 11.4 Å². The van der Waals surface area contributed by atoms with Gasteiger partial charge < -0.3 is 10.2 Å². The molecule has 1 aromatic carbocycles. The Morgan fingerprint density at radius 1 is 1.40 bits per heavy atom. The molecule has 6 heteroatoms. The highest BCUT2D eigenvalue weighted by molar-refractivity contribution is 6.30. The van der Waals surface area contributed by atoms with Crippen molar-refractivity contribution in [1.82, 2.24) is 4.90 Å². The molecule has 1 aliphatic heterocycles. The lowest BCUT2D eigenvalue weighted by Gasteiger charge is -2.35. The fraction of sp³-hybridized carbons (Fsp3) is 0.571. The number of nitrogens with zero attached hydrogens (tertiary/aromatic N) is 2. The first-order valence-corrected chi connectivity index (χ1v) is 7.29. The van der Waals surface area contributed by atoms with E-state index in [0.29, 0.717) is 16.8 Å². The third kappa shape index (κ3) is 3.61. The zero-order valence-electron chi connectivity index (χ0n) is 11.8. The molecule has 1 saturated heterocycles. The van der Waals surface area contributed by atoms with Gasteiger partial charge in [-0.1, -0.05) is 11.6 Å². The molecule has 0 aliphatic carbocycles. The average Bonchev–Trinajstić information content (AvgIpc) is 2.41. The number of rotatable bonds is 4. The van der Waals surface area contributed by atoms with Crippen molar-refractivity contribution in [2.24, 2.45) is 0 Å². The number of hydrogen-bond donors (Lipinski definition) is 1. The van der Waals surface area contributed by atoms with E-state index < -0.39 is 4.92 Å². The second kappa shape index (κ2) is 6.41. The van der Waals surface area contributed by atoms with Crippen LogP contribution in [0.1, 0.15) is 26.7 Å². The number of nitro benzene ring substituents is 1. The molecule has 1 heterocycles. The number of piperidine rings is 1. The van der Waals surface area contributed by atoms with Crippen LogP contribution in [-0.2, 0) is 0 Å². The summed E-state index contributed by atoms with van der Waals surface area (Å²) in [7, 11) is 0. The maximum absolute atomic E-state index is 11.1. The topological polar surface area (TPSA) is 58.4 Å². The number of benzene rings is 1. The molecule has 2 rings (SSSR count). The Morgan fingerprint density at radius 3 is 2.60 bits per heavy atom. The molecule has 0 spiro atoms. The molecule has 20 heavy (non-hydrogen) atoms. The minimum absolute atomic E-state index is 0.0452. The fourth-order valence-corrected chi connectivity index (χ4v) is 2.72. The molecular formula is C14H20ClN3O2. The van der Waals surface area contributed by atoms with E-state index in [1.807, 2.05) is 0 Å². The van der Waals surface area contributed by atoms with Crippen molar-refractivity contribution in [1.29, 1.82) is 0 Å². The highest BCUT2D eigenvalue weighted by atomic mass is 35.5. The number of nitro groups is 1. The largest absolute Gasteiger partial charge is 0.377 e. The van der Waals surface area contributed by atoms with Gasteiger partial charge in [-0.05, 0) is 38.8 Å². The third-order valence-electron chi connectivity index (χ3n) is 3.78. The summed E-state index contributed by atoms with van der Waals surface area (Å²) < 4.78 is 0. The van der Waals surface area contributed by atoms with Gasteiger partial charge in [0.1, 0.15) is 5.69 Å². The first kappa shape index (κ1) is 15.1. The van der Waals surface area contributed by atoms with E-state index in [9.17, 15) is 10.1 Å². The van der Waals surface area contributed by atoms with Crippen LogP contribution in [0.2, 0.25) is 5.02 Å². The summed E-state index contributed by atoms with van der Waals surface area (Å²) in [5.41, 5.74) is 0.603. The maximum Gasteiger partial charge on any atom is 0.293 e. The SMILES string of the molecule is CC(C)N1CCC(Nc2ccc(Cl)cc2[N+](=O)[O-])CC1. The molecular weight excluding hydrogens is 278 g/mol. The van der Waals surface area contributed by atoms with Crippen LogP contribution in [-0.4, -0.2) is 35.0 Å². The van der Waals surface area contributed by atoms with E-state index in [-0.39, 0.29) is 11.7 Å². The van der Waals surface area contributed by atoms with Gasteiger partial charge in [-0.3, -0.25) is 10.1 Å². The predicted molar refractivity (Wildman–Crippen MR) is 81.5 cm³/mol. The van der Waals surface area contributed by atoms with Gasteiger partial charge in [-0.15, -0.1) is 0 Å². The second-order valence-electron chi connectivity index (χ2n) is 5.47. The first-order chi connectivity index (χ1) is 9.47. The maximum atomic E-state index is 11.1. The minimum Gasteiger partial charge on any atom is -0.377 e. The predicted octanol–water partition coefficient (Wildman–Crippen LogP) is 3.53. The summed E-state index contributed by atoms with van der Waals surface area (Å²) >= 11 is 5.82. The van der Waals surface area contributed by atoms with Gasteiger partial charge in [-0.2, -0.15) is 0 Å². The van der Waals surface area contributed by atoms with E-state index in [1.165, 1.54) is 6.07 Å². The molecule has 0 atom stereocenters. The van der Waals surface area contributed by atoms with E-state index in [4.69, 9.17) is 11.6 Å². The normalized spacial score (nSPS) is 17.4. The second-order valence-corrected chi connectivity index (χ2v) is 5.90. The molecule has 5 nitrogen and oxygen atoms in total. The zero-order valence-corrected chi connectivity index (χ0v) is 12.6. The highest BCUT2D eigenvalue weighted by Gasteiger charge is 2.23. The number of hydrogen-bond acceptors (Lipinski definition) is 4. The van der Waals surface area contributed by atoms with Crippen LogP contribution >= 0.6 is 11.6 Å². The Kier molecular flexibility index (Phi) is 4.83. The zero-order chi connectivity index (χ0) is 14.7. The van der Waals surface area contributed by atoms with Crippen molar-refractivity contribution in [3.63, 3.8) is 0 Å². The van der Waals surface area contributed by atoms with Crippen molar-refractivity contribution >= 4 is 23.0 Å². The van der Waals surface area contributed by atoms with Crippen molar-refractivity contribution < 1.29 is 4.92 Å². The van der Waals surface area contributed by atoms with Crippen LogP contribution in [0.15, 0.2) is 18.2 Å². The Bertz CT molecular complexity index is 485.